The molecule has 17 heavy (non-hydrogen) atoms. The Kier molecular flexibility index (Phi) is 4.19. The molecule has 2 rings (SSSR count). The SMILES string of the molecule is CCc1cccc(CC2(OC)CCNCC2)c1. The Morgan fingerprint density at radius 1 is 1.24 bits per heavy atom. The Morgan fingerprint density at radius 3 is 2.59 bits per heavy atom. The summed E-state index contributed by atoms with van der Waals surface area (Å²) in [6.45, 7) is 4.35. The molecule has 0 saturated carbocycles. The minimum Gasteiger partial charge on any atom is -0.378 e. The van der Waals surface area contributed by atoms with Gasteiger partial charge in [-0.05, 0) is 43.5 Å². The summed E-state index contributed by atoms with van der Waals surface area (Å²) in [5.41, 5.74) is 2.88. The molecule has 2 heteroatoms. The van der Waals surface area contributed by atoms with Crippen molar-refractivity contribution in [1.29, 1.82) is 0 Å². The smallest absolute Gasteiger partial charge is 0.0743 e. The summed E-state index contributed by atoms with van der Waals surface area (Å²) in [7, 11) is 1.86. The molecule has 0 amide bonds. The van der Waals surface area contributed by atoms with Crippen LogP contribution in [0, 0.1) is 0 Å². The number of methoxy groups -OCH3 is 1. The van der Waals surface area contributed by atoms with Crippen molar-refractivity contribution in [3.63, 3.8) is 0 Å². The first kappa shape index (κ1) is 12.6. The lowest BCUT2D eigenvalue weighted by Gasteiger charge is -2.36. The zero-order valence-corrected chi connectivity index (χ0v) is 11.0. The molecular weight excluding hydrogens is 210 g/mol. The van der Waals surface area contributed by atoms with Crippen LogP contribution in [0.3, 0.4) is 0 Å². The van der Waals surface area contributed by atoms with Crippen LogP contribution < -0.4 is 5.32 Å². The zero-order chi connectivity index (χ0) is 12.1. The molecule has 0 bridgehead atoms. The molecule has 1 heterocycles. The van der Waals surface area contributed by atoms with Crippen LogP contribution in [0.25, 0.3) is 0 Å². The van der Waals surface area contributed by atoms with E-state index in [1.165, 1.54) is 11.1 Å². The highest BCUT2D eigenvalue weighted by molar-refractivity contribution is 5.25. The number of piperidine rings is 1. The second-order valence-electron chi connectivity index (χ2n) is 4.99. The predicted octanol–water partition coefficient (Wildman–Crippen LogP) is 2.56. The molecule has 2 nitrogen and oxygen atoms in total. The number of rotatable bonds is 4. The van der Waals surface area contributed by atoms with Crippen LogP contribution in [0.4, 0.5) is 0 Å². The zero-order valence-electron chi connectivity index (χ0n) is 11.0. The monoisotopic (exact) mass is 233 g/mol. The molecule has 0 aromatic heterocycles. The first-order valence-corrected chi connectivity index (χ1v) is 6.62. The Hall–Kier alpha value is -0.860. The van der Waals surface area contributed by atoms with Crippen LogP contribution in [-0.4, -0.2) is 25.8 Å². The second-order valence-corrected chi connectivity index (χ2v) is 4.99. The molecule has 1 N–H and O–H groups in total. The number of aryl methyl sites for hydroxylation is 1. The van der Waals surface area contributed by atoms with Crippen LogP contribution in [0.2, 0.25) is 0 Å². The van der Waals surface area contributed by atoms with E-state index in [9.17, 15) is 0 Å². The van der Waals surface area contributed by atoms with Crippen LogP contribution in [-0.2, 0) is 17.6 Å². The molecule has 1 aliphatic rings. The fourth-order valence-corrected chi connectivity index (χ4v) is 2.67. The lowest BCUT2D eigenvalue weighted by molar-refractivity contribution is -0.0333. The van der Waals surface area contributed by atoms with Gasteiger partial charge in [-0.15, -0.1) is 0 Å². The van der Waals surface area contributed by atoms with Crippen molar-refractivity contribution in [3.8, 4) is 0 Å². The summed E-state index contributed by atoms with van der Waals surface area (Å²) in [5.74, 6) is 0. The van der Waals surface area contributed by atoms with Gasteiger partial charge in [0.1, 0.15) is 0 Å². The standard InChI is InChI=1S/C15H23NO/c1-3-13-5-4-6-14(11-13)12-15(17-2)7-9-16-10-8-15/h4-6,11,16H,3,7-10,12H2,1-2H3. The maximum atomic E-state index is 5.82. The van der Waals surface area contributed by atoms with Crippen molar-refractivity contribution in [1.82, 2.24) is 5.32 Å². The van der Waals surface area contributed by atoms with E-state index in [4.69, 9.17) is 4.74 Å². The van der Waals surface area contributed by atoms with Crippen molar-refractivity contribution in [2.45, 2.75) is 38.2 Å². The van der Waals surface area contributed by atoms with Crippen LogP contribution in [0.15, 0.2) is 24.3 Å². The summed E-state index contributed by atoms with van der Waals surface area (Å²) in [5, 5.41) is 3.40. The minimum absolute atomic E-state index is 0.0532. The van der Waals surface area contributed by atoms with E-state index in [2.05, 4.69) is 36.5 Å². The third kappa shape index (κ3) is 3.08. The van der Waals surface area contributed by atoms with Gasteiger partial charge >= 0.3 is 0 Å². The third-order valence-electron chi connectivity index (χ3n) is 3.87. The van der Waals surface area contributed by atoms with Gasteiger partial charge < -0.3 is 10.1 Å². The van der Waals surface area contributed by atoms with Gasteiger partial charge in [-0.2, -0.15) is 0 Å². The van der Waals surface area contributed by atoms with E-state index < -0.39 is 0 Å². The van der Waals surface area contributed by atoms with Crippen LogP contribution in [0.1, 0.15) is 30.9 Å². The average Bonchev–Trinajstić information content (AvgIpc) is 2.40. The Balaban J connectivity index is 2.11. The van der Waals surface area contributed by atoms with Gasteiger partial charge in [0.05, 0.1) is 5.60 Å². The second kappa shape index (κ2) is 5.65. The molecule has 1 aromatic carbocycles. The average molecular weight is 233 g/mol. The number of nitrogens with one attached hydrogen (secondary N) is 1. The molecule has 0 aliphatic carbocycles. The molecule has 0 atom stereocenters. The van der Waals surface area contributed by atoms with Crippen molar-refractivity contribution in [3.05, 3.63) is 35.4 Å². The number of ether oxygens (including phenoxy) is 1. The summed E-state index contributed by atoms with van der Waals surface area (Å²) in [6.07, 6.45) is 4.37. The molecule has 94 valence electrons. The summed E-state index contributed by atoms with van der Waals surface area (Å²) < 4.78 is 5.82. The van der Waals surface area contributed by atoms with Gasteiger partial charge in [-0.25, -0.2) is 0 Å². The minimum atomic E-state index is 0.0532. The Bertz CT molecular complexity index is 356. The Morgan fingerprint density at radius 2 is 1.94 bits per heavy atom. The molecule has 0 spiro atoms. The highest BCUT2D eigenvalue weighted by Crippen LogP contribution is 2.27. The fraction of sp³-hybridized carbons (Fsp3) is 0.600. The molecular formula is C15H23NO. The molecule has 1 fully saturated rings. The molecule has 1 aromatic rings. The van der Waals surface area contributed by atoms with Gasteiger partial charge in [-0.3, -0.25) is 0 Å². The fourth-order valence-electron chi connectivity index (χ4n) is 2.67. The first-order chi connectivity index (χ1) is 8.28. The summed E-state index contributed by atoms with van der Waals surface area (Å²) in [6, 6.07) is 8.91. The molecule has 1 aliphatic heterocycles. The lowest BCUT2D eigenvalue weighted by Crippen LogP contribution is -2.44. The molecule has 0 radical (unpaired) electrons. The van der Waals surface area contributed by atoms with E-state index >= 15 is 0 Å². The summed E-state index contributed by atoms with van der Waals surface area (Å²) >= 11 is 0. The highest BCUT2D eigenvalue weighted by Gasteiger charge is 2.31. The van der Waals surface area contributed by atoms with Gasteiger partial charge in [0.25, 0.3) is 0 Å². The maximum Gasteiger partial charge on any atom is 0.0743 e. The van der Waals surface area contributed by atoms with E-state index in [0.717, 1.165) is 38.8 Å². The van der Waals surface area contributed by atoms with E-state index in [1.54, 1.807) is 0 Å². The molecule has 1 saturated heterocycles. The van der Waals surface area contributed by atoms with E-state index in [-0.39, 0.29) is 5.60 Å². The summed E-state index contributed by atoms with van der Waals surface area (Å²) in [4.78, 5) is 0. The number of benzene rings is 1. The number of hydrogen-bond acceptors (Lipinski definition) is 2. The van der Waals surface area contributed by atoms with Crippen molar-refractivity contribution in [2.75, 3.05) is 20.2 Å². The van der Waals surface area contributed by atoms with Gasteiger partial charge in [0.2, 0.25) is 0 Å². The van der Waals surface area contributed by atoms with Gasteiger partial charge in [0, 0.05) is 13.5 Å². The highest BCUT2D eigenvalue weighted by atomic mass is 16.5. The Labute approximate surface area is 104 Å². The van der Waals surface area contributed by atoms with Crippen molar-refractivity contribution >= 4 is 0 Å². The topological polar surface area (TPSA) is 21.3 Å². The first-order valence-electron chi connectivity index (χ1n) is 6.62. The van der Waals surface area contributed by atoms with Gasteiger partial charge in [0.15, 0.2) is 0 Å². The molecule has 0 unspecified atom stereocenters. The van der Waals surface area contributed by atoms with E-state index in [1.807, 2.05) is 7.11 Å². The quantitative estimate of drug-likeness (QED) is 0.863. The van der Waals surface area contributed by atoms with Crippen molar-refractivity contribution < 1.29 is 4.74 Å². The number of hydrogen-bond donors (Lipinski definition) is 1. The van der Waals surface area contributed by atoms with Gasteiger partial charge in [-0.1, -0.05) is 31.2 Å². The third-order valence-corrected chi connectivity index (χ3v) is 3.87. The van der Waals surface area contributed by atoms with E-state index in [0.29, 0.717) is 0 Å². The van der Waals surface area contributed by atoms with Crippen molar-refractivity contribution in [2.24, 2.45) is 0 Å². The largest absolute Gasteiger partial charge is 0.378 e. The maximum absolute atomic E-state index is 5.82. The normalized spacial score (nSPS) is 19.2. The lowest BCUT2D eigenvalue weighted by atomic mass is 9.85. The predicted molar refractivity (Wildman–Crippen MR) is 71.4 cm³/mol. The van der Waals surface area contributed by atoms with Crippen LogP contribution >= 0.6 is 0 Å². The van der Waals surface area contributed by atoms with Crippen LogP contribution in [0.5, 0.6) is 0 Å².